The van der Waals surface area contributed by atoms with Crippen molar-refractivity contribution >= 4 is 11.6 Å². The SMILES string of the molecule is Cc1ccc(-c2noc(CN3CCCC(C(=O)Nc4ccc(OC5CCCC5)cc4)C3)n2)cc1. The number of nitrogens with zero attached hydrogens (tertiary/aromatic N) is 3. The van der Waals surface area contributed by atoms with Crippen molar-refractivity contribution in [1.29, 1.82) is 0 Å². The third kappa shape index (κ3) is 5.65. The first-order chi connectivity index (χ1) is 16.6. The second-order valence-electron chi connectivity index (χ2n) is 9.49. The van der Waals surface area contributed by atoms with Gasteiger partial charge in [-0.25, -0.2) is 0 Å². The molecule has 1 unspecified atom stereocenters. The zero-order chi connectivity index (χ0) is 23.3. The molecule has 2 heterocycles. The summed E-state index contributed by atoms with van der Waals surface area (Å²) in [4.78, 5) is 19.7. The van der Waals surface area contributed by atoms with Crippen LogP contribution in [-0.4, -0.2) is 40.1 Å². The van der Waals surface area contributed by atoms with Crippen molar-refractivity contribution in [3.8, 4) is 17.1 Å². The number of benzene rings is 2. The summed E-state index contributed by atoms with van der Waals surface area (Å²) in [5.74, 6) is 2.04. The Bertz CT molecular complexity index is 1090. The van der Waals surface area contributed by atoms with Gasteiger partial charge >= 0.3 is 0 Å². The van der Waals surface area contributed by atoms with Gasteiger partial charge in [-0.15, -0.1) is 0 Å². The molecule has 34 heavy (non-hydrogen) atoms. The van der Waals surface area contributed by atoms with Crippen molar-refractivity contribution in [2.75, 3.05) is 18.4 Å². The number of nitrogens with one attached hydrogen (secondary N) is 1. The molecule has 178 valence electrons. The van der Waals surface area contributed by atoms with Crippen LogP contribution in [0.5, 0.6) is 5.75 Å². The van der Waals surface area contributed by atoms with Gasteiger partial charge in [0.15, 0.2) is 0 Å². The highest BCUT2D eigenvalue weighted by Crippen LogP contribution is 2.26. The van der Waals surface area contributed by atoms with Gasteiger partial charge in [0.25, 0.3) is 0 Å². The molecule has 1 aliphatic heterocycles. The molecule has 1 N–H and O–H groups in total. The van der Waals surface area contributed by atoms with Gasteiger partial charge in [0.05, 0.1) is 18.6 Å². The predicted octanol–water partition coefficient (Wildman–Crippen LogP) is 5.22. The topological polar surface area (TPSA) is 80.5 Å². The first kappa shape index (κ1) is 22.6. The van der Waals surface area contributed by atoms with Crippen molar-refractivity contribution in [3.05, 3.63) is 60.0 Å². The van der Waals surface area contributed by atoms with Crippen LogP contribution in [0.1, 0.15) is 50.0 Å². The summed E-state index contributed by atoms with van der Waals surface area (Å²) in [5, 5.41) is 7.20. The van der Waals surface area contributed by atoms with E-state index < -0.39 is 0 Å². The Morgan fingerprint density at radius 3 is 2.59 bits per heavy atom. The lowest BCUT2D eigenvalue weighted by Crippen LogP contribution is -2.40. The minimum absolute atomic E-state index is 0.0556. The third-order valence-electron chi connectivity index (χ3n) is 6.74. The van der Waals surface area contributed by atoms with Crippen LogP contribution in [0.3, 0.4) is 0 Å². The van der Waals surface area contributed by atoms with Crippen LogP contribution in [-0.2, 0) is 11.3 Å². The van der Waals surface area contributed by atoms with Crippen LogP contribution in [0.15, 0.2) is 53.1 Å². The monoisotopic (exact) mass is 460 g/mol. The van der Waals surface area contributed by atoms with Gasteiger partial charge in [0.2, 0.25) is 17.6 Å². The molecule has 0 radical (unpaired) electrons. The number of carbonyl (C=O) groups excluding carboxylic acids is 1. The number of aromatic nitrogens is 2. The van der Waals surface area contributed by atoms with Gasteiger partial charge in [-0.3, -0.25) is 9.69 Å². The molecule has 1 saturated carbocycles. The van der Waals surface area contributed by atoms with Crippen LogP contribution in [0.25, 0.3) is 11.4 Å². The number of anilines is 1. The molecule has 0 spiro atoms. The number of ether oxygens (including phenoxy) is 1. The molecule has 7 heteroatoms. The normalized spacial score (nSPS) is 19.3. The molecule has 1 aliphatic carbocycles. The van der Waals surface area contributed by atoms with Gasteiger partial charge < -0.3 is 14.6 Å². The van der Waals surface area contributed by atoms with Gasteiger partial charge in [-0.05, 0) is 76.3 Å². The first-order valence-corrected chi connectivity index (χ1v) is 12.3. The first-order valence-electron chi connectivity index (χ1n) is 12.3. The van der Waals surface area contributed by atoms with E-state index in [0.717, 1.165) is 49.2 Å². The van der Waals surface area contributed by atoms with Crippen molar-refractivity contribution < 1.29 is 14.1 Å². The smallest absolute Gasteiger partial charge is 0.241 e. The molecule has 1 saturated heterocycles. The number of piperidine rings is 1. The Morgan fingerprint density at radius 2 is 1.82 bits per heavy atom. The Hall–Kier alpha value is -3.19. The maximum absolute atomic E-state index is 12.9. The fourth-order valence-corrected chi connectivity index (χ4v) is 4.80. The predicted molar refractivity (Wildman–Crippen MR) is 130 cm³/mol. The number of aryl methyl sites for hydroxylation is 1. The zero-order valence-electron chi connectivity index (χ0n) is 19.7. The summed E-state index contributed by atoms with van der Waals surface area (Å²) < 4.78 is 11.5. The average Bonchev–Trinajstić information content (AvgIpc) is 3.53. The van der Waals surface area contributed by atoms with E-state index in [0.29, 0.717) is 30.9 Å². The number of likely N-dealkylation sites (tertiary alicyclic amines) is 1. The minimum Gasteiger partial charge on any atom is -0.490 e. The molecule has 2 aliphatic rings. The van der Waals surface area contributed by atoms with Crippen LogP contribution in [0, 0.1) is 12.8 Å². The standard InChI is InChI=1S/C27H32N4O3/c1-19-8-10-20(11-9-19)26-29-25(34-30-26)18-31-16-4-5-21(17-31)27(32)28-22-12-14-24(15-13-22)33-23-6-2-3-7-23/h8-15,21,23H,2-7,16-18H2,1H3,(H,28,32). The summed E-state index contributed by atoms with van der Waals surface area (Å²) in [5.41, 5.74) is 2.94. The number of hydrogen-bond acceptors (Lipinski definition) is 6. The maximum Gasteiger partial charge on any atom is 0.241 e. The average molecular weight is 461 g/mol. The Balaban J connectivity index is 1.13. The van der Waals surface area contributed by atoms with Gasteiger partial charge in [0.1, 0.15) is 5.75 Å². The number of hydrogen-bond donors (Lipinski definition) is 1. The zero-order valence-corrected chi connectivity index (χ0v) is 19.7. The van der Waals surface area contributed by atoms with E-state index in [2.05, 4.69) is 27.3 Å². The molecule has 3 aromatic rings. The number of carbonyl (C=O) groups is 1. The van der Waals surface area contributed by atoms with Crippen molar-refractivity contribution in [2.45, 2.75) is 58.1 Å². The highest BCUT2D eigenvalue weighted by Gasteiger charge is 2.27. The summed E-state index contributed by atoms with van der Waals surface area (Å²) >= 11 is 0. The molecule has 0 bridgehead atoms. The van der Waals surface area contributed by atoms with Crippen LogP contribution < -0.4 is 10.1 Å². The Labute approximate surface area is 200 Å². The van der Waals surface area contributed by atoms with E-state index in [4.69, 9.17) is 9.26 Å². The highest BCUT2D eigenvalue weighted by molar-refractivity contribution is 5.92. The van der Waals surface area contributed by atoms with E-state index >= 15 is 0 Å². The van der Waals surface area contributed by atoms with Gasteiger partial charge in [0, 0.05) is 17.8 Å². The highest BCUT2D eigenvalue weighted by atomic mass is 16.5. The lowest BCUT2D eigenvalue weighted by atomic mass is 9.97. The molecule has 1 aromatic heterocycles. The summed E-state index contributed by atoms with van der Waals surface area (Å²) in [6.45, 7) is 4.20. The summed E-state index contributed by atoms with van der Waals surface area (Å²) in [6.07, 6.45) is 6.94. The lowest BCUT2D eigenvalue weighted by Gasteiger charge is -2.30. The van der Waals surface area contributed by atoms with E-state index in [1.54, 1.807) is 0 Å². The van der Waals surface area contributed by atoms with E-state index in [9.17, 15) is 4.79 Å². The van der Waals surface area contributed by atoms with Crippen molar-refractivity contribution in [1.82, 2.24) is 15.0 Å². The molecule has 7 nitrogen and oxygen atoms in total. The fraction of sp³-hybridized carbons (Fsp3) is 0.444. The molecular weight excluding hydrogens is 428 g/mol. The van der Waals surface area contributed by atoms with Crippen molar-refractivity contribution in [2.24, 2.45) is 5.92 Å². The molecule has 1 atom stereocenters. The van der Waals surface area contributed by atoms with Crippen LogP contribution in [0.4, 0.5) is 5.69 Å². The van der Waals surface area contributed by atoms with Gasteiger partial charge in [-0.2, -0.15) is 4.98 Å². The van der Waals surface area contributed by atoms with E-state index in [1.165, 1.54) is 18.4 Å². The largest absolute Gasteiger partial charge is 0.490 e. The maximum atomic E-state index is 12.9. The number of amides is 1. The Morgan fingerprint density at radius 1 is 1.06 bits per heavy atom. The third-order valence-corrected chi connectivity index (χ3v) is 6.74. The molecule has 2 aromatic carbocycles. The van der Waals surface area contributed by atoms with E-state index in [-0.39, 0.29) is 11.8 Å². The van der Waals surface area contributed by atoms with Crippen molar-refractivity contribution in [3.63, 3.8) is 0 Å². The van der Waals surface area contributed by atoms with Crippen LogP contribution in [0.2, 0.25) is 0 Å². The fourth-order valence-electron chi connectivity index (χ4n) is 4.80. The summed E-state index contributed by atoms with van der Waals surface area (Å²) in [7, 11) is 0. The second kappa shape index (κ2) is 10.4. The lowest BCUT2D eigenvalue weighted by molar-refractivity contribution is -0.121. The van der Waals surface area contributed by atoms with E-state index in [1.807, 2.05) is 48.5 Å². The van der Waals surface area contributed by atoms with Crippen LogP contribution >= 0.6 is 0 Å². The molecule has 2 fully saturated rings. The van der Waals surface area contributed by atoms with Gasteiger partial charge in [-0.1, -0.05) is 35.0 Å². The molecule has 5 rings (SSSR count). The molecule has 1 amide bonds. The minimum atomic E-state index is -0.0670. The quantitative estimate of drug-likeness (QED) is 0.521. The second-order valence-corrected chi connectivity index (χ2v) is 9.49. The summed E-state index contributed by atoms with van der Waals surface area (Å²) in [6, 6.07) is 15.8. The number of rotatable bonds is 7. The molecular formula is C27H32N4O3. The Kier molecular flexibility index (Phi) is 6.90.